The van der Waals surface area contributed by atoms with Crippen molar-refractivity contribution in [3.05, 3.63) is 113 Å². The maximum absolute atomic E-state index is 13.7. The molecule has 1 aliphatic carbocycles. The molecular weight excluding hydrogens is 438 g/mol. The lowest BCUT2D eigenvalue weighted by Gasteiger charge is -2.07. The van der Waals surface area contributed by atoms with Crippen LogP contribution in [0.4, 0.5) is 8.78 Å². The molecule has 0 radical (unpaired) electrons. The Labute approximate surface area is 191 Å². The zero-order chi connectivity index (χ0) is 23.4. The Bertz CT molecular complexity index is 1610. The van der Waals surface area contributed by atoms with Crippen LogP contribution < -0.4 is 0 Å². The van der Waals surface area contributed by atoms with Crippen molar-refractivity contribution < 1.29 is 22.8 Å². The maximum atomic E-state index is 13.7. The van der Waals surface area contributed by atoms with Crippen LogP contribution in [-0.2, 0) is 0 Å². The molecule has 0 fully saturated rings. The standard InChI is InChI=1S/C27H14F2N2O3/c28-21-13-18-19(14-22(21)29)25(33)20(24(18)32)11-17-12-23-26(31(17)16-9-5-2-6-10-16)30-27(34-23)15-7-3-1-4-8-15/h1-14H. The van der Waals surface area contributed by atoms with Crippen LogP contribution in [-0.4, -0.2) is 21.1 Å². The van der Waals surface area contributed by atoms with Gasteiger partial charge in [0, 0.05) is 28.4 Å². The minimum Gasteiger partial charge on any atom is -0.434 e. The number of nitrogens with zero attached hydrogens (tertiary/aromatic N) is 2. The largest absolute Gasteiger partial charge is 0.434 e. The number of benzene rings is 3. The van der Waals surface area contributed by atoms with Gasteiger partial charge in [-0.25, -0.2) is 8.78 Å². The van der Waals surface area contributed by atoms with E-state index in [1.54, 1.807) is 10.6 Å². The van der Waals surface area contributed by atoms with Gasteiger partial charge in [-0.1, -0.05) is 36.4 Å². The van der Waals surface area contributed by atoms with Crippen molar-refractivity contribution >= 4 is 28.9 Å². The van der Waals surface area contributed by atoms with Crippen molar-refractivity contribution in [3.63, 3.8) is 0 Å². The Balaban J connectivity index is 1.54. The quantitative estimate of drug-likeness (QED) is 0.248. The third kappa shape index (κ3) is 3.02. The highest BCUT2D eigenvalue weighted by molar-refractivity contribution is 6.41. The zero-order valence-electron chi connectivity index (χ0n) is 17.5. The van der Waals surface area contributed by atoms with Gasteiger partial charge in [-0.3, -0.25) is 14.2 Å². The van der Waals surface area contributed by atoms with Crippen LogP contribution in [0.5, 0.6) is 0 Å². The molecule has 7 heteroatoms. The summed E-state index contributed by atoms with van der Waals surface area (Å²) >= 11 is 0. The molecule has 0 aliphatic heterocycles. The fraction of sp³-hybridized carbons (Fsp3) is 0. The highest BCUT2D eigenvalue weighted by Gasteiger charge is 2.35. The highest BCUT2D eigenvalue weighted by Crippen LogP contribution is 2.33. The minimum atomic E-state index is -1.18. The van der Waals surface area contributed by atoms with Crippen molar-refractivity contribution in [2.75, 3.05) is 0 Å². The van der Waals surface area contributed by atoms with Crippen LogP contribution in [0.2, 0.25) is 0 Å². The van der Waals surface area contributed by atoms with Crippen LogP contribution in [0.25, 0.3) is 34.4 Å². The van der Waals surface area contributed by atoms with Gasteiger partial charge in [-0.2, -0.15) is 4.98 Å². The third-order valence-corrected chi connectivity index (χ3v) is 5.75. The van der Waals surface area contributed by atoms with Gasteiger partial charge in [0.25, 0.3) is 0 Å². The predicted molar refractivity (Wildman–Crippen MR) is 122 cm³/mol. The molecule has 2 aromatic heterocycles. The van der Waals surface area contributed by atoms with E-state index in [1.807, 2.05) is 60.7 Å². The monoisotopic (exact) mass is 452 g/mol. The molecule has 5 aromatic rings. The first-order chi connectivity index (χ1) is 16.5. The van der Waals surface area contributed by atoms with Crippen LogP contribution >= 0.6 is 0 Å². The third-order valence-electron chi connectivity index (χ3n) is 5.75. The molecule has 6 rings (SSSR count). The number of carbonyl (C=O) groups is 2. The lowest BCUT2D eigenvalue weighted by atomic mass is 10.1. The Morgan fingerprint density at radius 2 is 1.38 bits per heavy atom. The molecule has 0 saturated carbocycles. The van der Waals surface area contributed by atoms with E-state index in [1.165, 1.54) is 6.08 Å². The van der Waals surface area contributed by atoms with Gasteiger partial charge in [0.2, 0.25) is 5.89 Å². The fourth-order valence-corrected chi connectivity index (χ4v) is 4.15. The first kappa shape index (κ1) is 20.0. The topological polar surface area (TPSA) is 65.1 Å². The second kappa shape index (κ2) is 7.45. The summed E-state index contributed by atoms with van der Waals surface area (Å²) in [5.41, 5.74) is 2.50. The molecule has 0 amide bonds. The maximum Gasteiger partial charge on any atom is 0.228 e. The minimum absolute atomic E-state index is 0.152. The molecule has 0 bridgehead atoms. The van der Waals surface area contributed by atoms with E-state index in [9.17, 15) is 18.4 Å². The van der Waals surface area contributed by atoms with Crippen molar-refractivity contribution in [3.8, 4) is 17.1 Å². The molecule has 0 atom stereocenters. The average molecular weight is 452 g/mol. The smallest absolute Gasteiger partial charge is 0.228 e. The summed E-state index contributed by atoms with van der Waals surface area (Å²) in [5.74, 6) is -3.24. The Kier molecular flexibility index (Phi) is 4.38. The molecule has 5 nitrogen and oxygen atoms in total. The Morgan fingerprint density at radius 3 is 2.00 bits per heavy atom. The lowest BCUT2D eigenvalue weighted by Crippen LogP contribution is -2.03. The molecule has 0 unspecified atom stereocenters. The number of Topliss-reactive ketones (excluding diaryl/α,β-unsaturated/α-hetero) is 2. The zero-order valence-corrected chi connectivity index (χ0v) is 17.5. The summed E-state index contributed by atoms with van der Waals surface area (Å²) in [7, 11) is 0. The van der Waals surface area contributed by atoms with E-state index in [0.29, 0.717) is 22.8 Å². The molecule has 1 aliphatic rings. The molecule has 0 saturated heterocycles. The number of allylic oxidation sites excluding steroid dienone is 1. The Hall–Kier alpha value is -4.65. The molecule has 2 heterocycles. The van der Waals surface area contributed by atoms with E-state index in [2.05, 4.69) is 4.98 Å². The van der Waals surface area contributed by atoms with E-state index in [0.717, 1.165) is 23.4 Å². The molecule has 0 N–H and O–H groups in total. The van der Waals surface area contributed by atoms with Gasteiger partial charge < -0.3 is 4.42 Å². The van der Waals surface area contributed by atoms with Gasteiger partial charge in [0.15, 0.2) is 34.4 Å². The number of ketones is 2. The van der Waals surface area contributed by atoms with Crippen molar-refractivity contribution in [1.29, 1.82) is 0 Å². The average Bonchev–Trinajstić information content (AvgIpc) is 3.47. The molecular formula is C27H14F2N2O3. The predicted octanol–water partition coefficient (Wildman–Crippen LogP) is 6.03. The van der Waals surface area contributed by atoms with Crippen molar-refractivity contribution in [2.24, 2.45) is 0 Å². The number of carbonyl (C=O) groups excluding carboxylic acids is 2. The van der Waals surface area contributed by atoms with E-state index in [4.69, 9.17) is 4.42 Å². The first-order valence-corrected chi connectivity index (χ1v) is 10.4. The van der Waals surface area contributed by atoms with Gasteiger partial charge >= 0.3 is 0 Å². The van der Waals surface area contributed by atoms with E-state index >= 15 is 0 Å². The number of fused-ring (bicyclic) bond motifs is 2. The number of halogens is 2. The first-order valence-electron chi connectivity index (χ1n) is 10.4. The Morgan fingerprint density at radius 1 is 0.794 bits per heavy atom. The van der Waals surface area contributed by atoms with Crippen LogP contribution in [0, 0.1) is 11.6 Å². The molecule has 0 spiro atoms. The summed E-state index contributed by atoms with van der Waals surface area (Å²) in [6, 6.07) is 21.9. The van der Waals surface area contributed by atoms with Gasteiger partial charge in [0.1, 0.15) is 0 Å². The van der Waals surface area contributed by atoms with E-state index < -0.39 is 23.2 Å². The molecule has 34 heavy (non-hydrogen) atoms. The number of para-hydroxylation sites is 1. The number of oxazole rings is 1. The summed E-state index contributed by atoms with van der Waals surface area (Å²) in [4.78, 5) is 30.4. The van der Waals surface area contributed by atoms with Crippen LogP contribution in [0.15, 0.2) is 88.9 Å². The number of rotatable bonds is 3. The fourth-order valence-electron chi connectivity index (χ4n) is 4.15. The van der Waals surface area contributed by atoms with E-state index in [-0.39, 0.29) is 16.7 Å². The summed E-state index contributed by atoms with van der Waals surface area (Å²) in [6.45, 7) is 0. The lowest BCUT2D eigenvalue weighted by molar-refractivity contribution is 0.0990. The normalized spacial score (nSPS) is 13.1. The molecule has 164 valence electrons. The number of hydrogen-bond donors (Lipinski definition) is 0. The van der Waals surface area contributed by atoms with Crippen molar-refractivity contribution in [1.82, 2.24) is 9.55 Å². The summed E-state index contributed by atoms with van der Waals surface area (Å²) in [5, 5.41) is 0. The summed E-state index contributed by atoms with van der Waals surface area (Å²) < 4.78 is 35.2. The van der Waals surface area contributed by atoms with Crippen LogP contribution in [0.1, 0.15) is 26.4 Å². The van der Waals surface area contributed by atoms with Gasteiger partial charge in [0.05, 0.1) is 11.3 Å². The van der Waals surface area contributed by atoms with Crippen LogP contribution in [0.3, 0.4) is 0 Å². The van der Waals surface area contributed by atoms with Gasteiger partial charge in [-0.15, -0.1) is 0 Å². The summed E-state index contributed by atoms with van der Waals surface area (Å²) in [6.07, 6.45) is 1.41. The SMILES string of the molecule is O=C1C(=Cc2cc3oc(-c4ccccc4)nc3n2-c2ccccc2)C(=O)c2cc(F)c(F)cc21. The number of aromatic nitrogens is 2. The second-order valence-corrected chi connectivity index (χ2v) is 7.84. The van der Waals surface area contributed by atoms with Gasteiger partial charge in [-0.05, 0) is 42.5 Å². The second-order valence-electron chi connectivity index (χ2n) is 7.84. The highest BCUT2D eigenvalue weighted by atomic mass is 19.2. The number of hydrogen-bond acceptors (Lipinski definition) is 4. The molecule has 3 aromatic carbocycles. The van der Waals surface area contributed by atoms with Crippen molar-refractivity contribution in [2.45, 2.75) is 0 Å².